The van der Waals surface area contributed by atoms with E-state index in [4.69, 9.17) is 5.73 Å². The molecule has 0 atom stereocenters. The summed E-state index contributed by atoms with van der Waals surface area (Å²) in [6.07, 6.45) is 1.30. The molecule has 0 aromatic heterocycles. The Morgan fingerprint density at radius 3 is 2.11 bits per heavy atom. The van der Waals surface area contributed by atoms with Crippen molar-refractivity contribution in [2.24, 2.45) is 5.73 Å². The van der Waals surface area contributed by atoms with Gasteiger partial charge in [-0.05, 0) is 58.8 Å². The fourth-order valence-electron chi connectivity index (χ4n) is 1.91. The lowest BCUT2D eigenvalue weighted by Crippen LogP contribution is -2.05. The van der Waals surface area contributed by atoms with E-state index in [1.165, 1.54) is 9.13 Å². The first kappa shape index (κ1) is 14.2. The average Bonchev–Trinajstić information content (AvgIpc) is 2.42. The Bertz CT molecular complexity index is 546. The topological polar surface area (TPSA) is 43.1 Å². The molecule has 0 unspecified atom stereocenters. The maximum Gasteiger partial charge on any atom is 0.167 e. The second-order valence-corrected chi connectivity index (χ2v) is 5.71. The first-order chi connectivity index (χ1) is 9.19. The number of nitrogens with two attached hydrogens (primary N) is 1. The van der Waals surface area contributed by atoms with E-state index in [0.29, 0.717) is 13.0 Å². The van der Waals surface area contributed by atoms with Gasteiger partial charge in [-0.25, -0.2) is 0 Å². The highest BCUT2D eigenvalue weighted by molar-refractivity contribution is 14.1. The molecule has 2 nitrogen and oxygen atoms in total. The lowest BCUT2D eigenvalue weighted by Gasteiger charge is -2.04. The van der Waals surface area contributed by atoms with Crippen LogP contribution < -0.4 is 5.73 Å². The molecule has 0 aliphatic heterocycles. The molecular weight excluding hydrogens is 349 g/mol. The average molecular weight is 365 g/mol. The second kappa shape index (κ2) is 6.82. The summed E-state index contributed by atoms with van der Waals surface area (Å²) in [6.45, 7) is 0.635. The highest BCUT2D eigenvalue weighted by Gasteiger charge is 2.07. The largest absolute Gasteiger partial charge is 0.330 e. The van der Waals surface area contributed by atoms with Crippen molar-refractivity contribution in [3.05, 3.63) is 68.8 Å². The normalized spacial score (nSPS) is 10.4. The van der Waals surface area contributed by atoms with E-state index < -0.39 is 0 Å². The van der Waals surface area contributed by atoms with Gasteiger partial charge in [-0.3, -0.25) is 4.79 Å². The quantitative estimate of drug-likeness (QED) is 0.653. The molecule has 3 heteroatoms. The lowest BCUT2D eigenvalue weighted by molar-refractivity contribution is 0.0993. The van der Waals surface area contributed by atoms with E-state index in [1.54, 1.807) is 0 Å². The number of hydrogen-bond donors (Lipinski definition) is 1. The van der Waals surface area contributed by atoms with Crippen LogP contribution in [0, 0.1) is 3.57 Å². The van der Waals surface area contributed by atoms with Gasteiger partial charge in [-0.2, -0.15) is 0 Å². The minimum atomic E-state index is 0.153. The van der Waals surface area contributed by atoms with Gasteiger partial charge < -0.3 is 5.73 Å². The predicted octanol–water partition coefficient (Wildman–Crippen LogP) is 3.22. The number of Topliss-reactive ketones (excluding diaryl/α,β-unsaturated/α-hetero) is 1. The third kappa shape index (κ3) is 4.14. The third-order valence-corrected chi connectivity index (χ3v) is 3.71. The van der Waals surface area contributed by atoms with Crippen LogP contribution in [0.2, 0.25) is 0 Å². The Balaban J connectivity index is 2.05. The van der Waals surface area contributed by atoms with E-state index in [9.17, 15) is 4.79 Å². The molecule has 19 heavy (non-hydrogen) atoms. The van der Waals surface area contributed by atoms with Gasteiger partial charge in [0.15, 0.2) is 5.78 Å². The molecular formula is C16H16INO. The summed E-state index contributed by atoms with van der Waals surface area (Å²) in [6, 6.07) is 15.8. The van der Waals surface area contributed by atoms with Crippen LogP contribution in [0.5, 0.6) is 0 Å². The van der Waals surface area contributed by atoms with Crippen LogP contribution in [-0.4, -0.2) is 12.3 Å². The maximum absolute atomic E-state index is 12.1. The van der Waals surface area contributed by atoms with Gasteiger partial charge in [0.25, 0.3) is 0 Å². The molecule has 0 bridgehead atoms. The monoisotopic (exact) mass is 365 g/mol. The molecule has 0 radical (unpaired) electrons. The molecule has 2 rings (SSSR count). The predicted molar refractivity (Wildman–Crippen MR) is 86.4 cm³/mol. The van der Waals surface area contributed by atoms with Gasteiger partial charge in [-0.15, -0.1) is 0 Å². The molecule has 0 spiro atoms. The van der Waals surface area contributed by atoms with Crippen molar-refractivity contribution in [2.45, 2.75) is 12.8 Å². The van der Waals surface area contributed by atoms with Crippen LogP contribution in [-0.2, 0) is 12.8 Å². The van der Waals surface area contributed by atoms with Gasteiger partial charge in [0.2, 0.25) is 0 Å². The van der Waals surface area contributed by atoms with Gasteiger partial charge in [0, 0.05) is 15.6 Å². The smallest absolute Gasteiger partial charge is 0.167 e. The molecule has 0 saturated carbocycles. The maximum atomic E-state index is 12.1. The first-order valence-electron chi connectivity index (χ1n) is 6.25. The summed E-state index contributed by atoms with van der Waals surface area (Å²) in [7, 11) is 0. The van der Waals surface area contributed by atoms with Crippen LogP contribution in [0.4, 0.5) is 0 Å². The van der Waals surface area contributed by atoms with Crippen molar-refractivity contribution in [1.29, 1.82) is 0 Å². The Kier molecular flexibility index (Phi) is 5.10. The molecule has 0 fully saturated rings. The zero-order valence-electron chi connectivity index (χ0n) is 10.6. The SMILES string of the molecule is NCCc1ccc(C(=O)Cc2ccc(I)cc2)cc1. The van der Waals surface area contributed by atoms with Crippen molar-refractivity contribution in [3.63, 3.8) is 0 Å². The van der Waals surface area contributed by atoms with E-state index in [1.807, 2.05) is 48.5 Å². The highest BCUT2D eigenvalue weighted by atomic mass is 127. The standard InChI is InChI=1S/C16H16INO/c17-15-7-3-13(4-8-15)11-16(19)14-5-1-12(2-6-14)9-10-18/h1-8H,9-11,18H2. The summed E-state index contributed by atoms with van der Waals surface area (Å²) in [5.41, 5.74) is 8.50. The summed E-state index contributed by atoms with van der Waals surface area (Å²) >= 11 is 2.26. The third-order valence-electron chi connectivity index (χ3n) is 2.99. The van der Waals surface area contributed by atoms with E-state index in [-0.39, 0.29) is 5.78 Å². The van der Waals surface area contributed by atoms with Crippen LogP contribution in [0.1, 0.15) is 21.5 Å². The minimum Gasteiger partial charge on any atom is -0.330 e. The van der Waals surface area contributed by atoms with E-state index in [2.05, 4.69) is 22.6 Å². The number of halogens is 1. The molecule has 0 heterocycles. The Morgan fingerprint density at radius 2 is 1.53 bits per heavy atom. The molecule has 0 saturated heterocycles. The van der Waals surface area contributed by atoms with E-state index >= 15 is 0 Å². The number of carbonyl (C=O) groups is 1. The summed E-state index contributed by atoms with van der Waals surface area (Å²) < 4.78 is 1.18. The summed E-state index contributed by atoms with van der Waals surface area (Å²) in [5.74, 6) is 0.153. The van der Waals surface area contributed by atoms with Crippen LogP contribution in [0.3, 0.4) is 0 Å². The van der Waals surface area contributed by atoms with Gasteiger partial charge in [0.05, 0.1) is 0 Å². The fraction of sp³-hybridized carbons (Fsp3) is 0.188. The van der Waals surface area contributed by atoms with Gasteiger partial charge in [-0.1, -0.05) is 36.4 Å². The Morgan fingerprint density at radius 1 is 0.947 bits per heavy atom. The van der Waals surface area contributed by atoms with E-state index in [0.717, 1.165) is 17.5 Å². The summed E-state index contributed by atoms with van der Waals surface area (Å²) in [5, 5.41) is 0. The number of carbonyl (C=O) groups excluding carboxylic acids is 1. The van der Waals surface area contributed by atoms with Crippen molar-refractivity contribution >= 4 is 28.4 Å². The van der Waals surface area contributed by atoms with Crippen LogP contribution in [0.15, 0.2) is 48.5 Å². The Labute approximate surface area is 127 Å². The number of benzene rings is 2. The molecule has 98 valence electrons. The lowest BCUT2D eigenvalue weighted by atomic mass is 10.0. The van der Waals surface area contributed by atoms with Crippen molar-refractivity contribution in [1.82, 2.24) is 0 Å². The number of ketones is 1. The van der Waals surface area contributed by atoms with Crippen LogP contribution in [0.25, 0.3) is 0 Å². The Hall–Kier alpha value is -1.20. The van der Waals surface area contributed by atoms with Gasteiger partial charge in [0.1, 0.15) is 0 Å². The molecule has 2 N–H and O–H groups in total. The zero-order chi connectivity index (χ0) is 13.7. The first-order valence-corrected chi connectivity index (χ1v) is 7.33. The van der Waals surface area contributed by atoms with Crippen LogP contribution >= 0.6 is 22.6 Å². The number of rotatable bonds is 5. The minimum absolute atomic E-state index is 0.153. The highest BCUT2D eigenvalue weighted by Crippen LogP contribution is 2.11. The number of hydrogen-bond acceptors (Lipinski definition) is 2. The molecule has 2 aromatic carbocycles. The molecule has 2 aromatic rings. The summed E-state index contributed by atoms with van der Waals surface area (Å²) in [4.78, 5) is 12.1. The molecule has 0 amide bonds. The molecule has 0 aliphatic carbocycles. The van der Waals surface area contributed by atoms with Crippen molar-refractivity contribution in [3.8, 4) is 0 Å². The van der Waals surface area contributed by atoms with Crippen molar-refractivity contribution < 1.29 is 4.79 Å². The van der Waals surface area contributed by atoms with Crippen molar-refractivity contribution in [2.75, 3.05) is 6.54 Å². The van der Waals surface area contributed by atoms with Gasteiger partial charge >= 0.3 is 0 Å². The fourth-order valence-corrected chi connectivity index (χ4v) is 2.27. The second-order valence-electron chi connectivity index (χ2n) is 4.46. The zero-order valence-corrected chi connectivity index (χ0v) is 12.8. The molecule has 0 aliphatic rings.